The van der Waals surface area contributed by atoms with E-state index < -0.39 is 70.4 Å². The zero-order valence-electron chi connectivity index (χ0n) is 20.6. The molecule has 5 rings (SSSR count). The van der Waals surface area contributed by atoms with Crippen LogP contribution in [0.1, 0.15) is 17.5 Å². The Hall–Kier alpha value is -3.87. The fourth-order valence-corrected chi connectivity index (χ4v) is 6.49. The Kier molecular flexibility index (Phi) is 5.82. The summed E-state index contributed by atoms with van der Waals surface area (Å²) in [4.78, 5) is 44.5. The fraction of sp³-hybridized carbons (Fsp3) is 0.385. The Morgan fingerprint density at radius 2 is 1.92 bits per heavy atom. The molecule has 8 N–H and O–H groups in total. The van der Waals surface area contributed by atoms with Gasteiger partial charge in [0.2, 0.25) is 17.6 Å². The number of amides is 1. The number of benzene rings is 1. The first-order valence-electron chi connectivity index (χ1n) is 12.0. The molecule has 2 unspecified atom stereocenters. The highest BCUT2D eigenvalue weighted by molar-refractivity contribution is 6.25. The number of nitrogens with two attached hydrogens (primary N) is 2. The van der Waals surface area contributed by atoms with Crippen molar-refractivity contribution in [2.45, 2.75) is 30.6 Å². The molecule has 6 atom stereocenters. The monoisotopic (exact) mass is 526 g/mol. The number of phenolic OH excluding ortho intramolecular Hbond substituents is 1. The molecule has 2 aromatic rings. The molecule has 3 aliphatic carbocycles. The highest BCUT2D eigenvalue weighted by Crippen LogP contribution is 2.54. The van der Waals surface area contributed by atoms with Crippen LogP contribution in [0.2, 0.25) is 0 Å². The minimum atomic E-state index is -2.75. The van der Waals surface area contributed by atoms with Gasteiger partial charge in [-0.05, 0) is 62.2 Å². The Morgan fingerprint density at radius 1 is 1.24 bits per heavy atom. The van der Waals surface area contributed by atoms with E-state index in [0.717, 1.165) is 6.07 Å². The van der Waals surface area contributed by atoms with Crippen LogP contribution in [-0.4, -0.2) is 79.6 Å². The van der Waals surface area contributed by atoms with E-state index in [-0.39, 0.29) is 29.7 Å². The van der Waals surface area contributed by atoms with E-state index in [4.69, 9.17) is 11.5 Å². The maximum Gasteiger partial charge on any atom is 0.230 e. The van der Waals surface area contributed by atoms with Crippen LogP contribution in [0.25, 0.3) is 16.9 Å². The molecule has 0 bridgehead atoms. The van der Waals surface area contributed by atoms with Crippen molar-refractivity contribution in [3.63, 3.8) is 0 Å². The Bertz CT molecular complexity index is 1420. The molecule has 1 amide bonds. The maximum atomic E-state index is 13.9. The molecule has 11 nitrogen and oxygen atoms in total. The molecule has 1 aromatic heterocycles. The molecule has 2 saturated carbocycles. The minimum Gasteiger partial charge on any atom is -0.507 e. The molecule has 200 valence electrons. The Morgan fingerprint density at radius 3 is 2.50 bits per heavy atom. The minimum absolute atomic E-state index is 0.0234. The lowest BCUT2D eigenvalue weighted by atomic mass is 9.54. The topological polar surface area (TPSA) is 200 Å². The lowest BCUT2D eigenvalue weighted by Crippen LogP contribution is -2.73. The second-order valence-corrected chi connectivity index (χ2v) is 10.4. The van der Waals surface area contributed by atoms with Crippen molar-refractivity contribution in [1.82, 2.24) is 9.88 Å². The number of rotatable bonds is 3. The molecular formula is C26H27FN4O7. The number of anilines is 1. The normalized spacial score (nSPS) is 30.6. The number of ketones is 2. The van der Waals surface area contributed by atoms with Gasteiger partial charge in [0.25, 0.3) is 0 Å². The highest BCUT2D eigenvalue weighted by Gasteiger charge is 2.67. The van der Waals surface area contributed by atoms with Crippen molar-refractivity contribution in [3.8, 4) is 16.9 Å². The average Bonchev–Trinajstić information content (AvgIpc) is 2.83. The van der Waals surface area contributed by atoms with Crippen LogP contribution in [0, 0.1) is 23.7 Å². The lowest BCUT2D eigenvalue weighted by molar-refractivity contribution is -0.184. The summed E-state index contributed by atoms with van der Waals surface area (Å²) in [6.07, 6.45) is -0.250. The summed E-state index contributed by atoms with van der Waals surface area (Å²) in [5.74, 6) is -9.13. The van der Waals surface area contributed by atoms with E-state index in [0.29, 0.717) is 16.7 Å². The third-order valence-corrected chi connectivity index (χ3v) is 8.16. The standard InChI is InChI=1S/C26H27FN4O7/c1-31(2)19-13-6-10-5-12-11(9-3-4-15(27)30-8-9)7-14(28)20(32)17(12)21(33)16(10)23(35)26(13,38)24(36)18(22(19)34)25(29)37/h3-4,7-8,10,13,18-19,22,32-34,38H,5-6,28H2,1-2H3,(H2,29,37)/t10-,13-,18?,19-,22?,26-/m0/s1. The number of likely N-dealkylation sites (N-methyl/N-ethyl adjacent to an activating group) is 1. The number of nitrogen functional groups attached to an aromatic ring is 1. The van der Waals surface area contributed by atoms with Gasteiger partial charge in [0.1, 0.15) is 17.4 Å². The zero-order chi connectivity index (χ0) is 27.8. The Balaban J connectivity index is 1.73. The quantitative estimate of drug-likeness (QED) is 0.136. The number of aliphatic hydroxyl groups is 3. The van der Waals surface area contributed by atoms with Crippen molar-refractivity contribution in [2.24, 2.45) is 23.5 Å². The summed E-state index contributed by atoms with van der Waals surface area (Å²) in [5, 5.41) is 44.7. The predicted molar refractivity (Wildman–Crippen MR) is 132 cm³/mol. The summed E-state index contributed by atoms with van der Waals surface area (Å²) in [6.45, 7) is 0. The first-order chi connectivity index (χ1) is 17.8. The van der Waals surface area contributed by atoms with Crippen LogP contribution < -0.4 is 11.5 Å². The number of phenols is 1. The van der Waals surface area contributed by atoms with Gasteiger partial charge in [-0.1, -0.05) is 0 Å². The van der Waals surface area contributed by atoms with E-state index in [1.165, 1.54) is 23.2 Å². The van der Waals surface area contributed by atoms with Gasteiger partial charge in [0.05, 0.1) is 17.4 Å². The first kappa shape index (κ1) is 25.8. The zero-order valence-corrected chi connectivity index (χ0v) is 20.6. The second kappa shape index (κ2) is 8.58. The molecule has 3 aliphatic rings. The largest absolute Gasteiger partial charge is 0.507 e. The summed E-state index contributed by atoms with van der Waals surface area (Å²) in [7, 11) is 3.15. The van der Waals surface area contributed by atoms with Gasteiger partial charge in [-0.3, -0.25) is 14.4 Å². The van der Waals surface area contributed by atoms with E-state index in [2.05, 4.69) is 4.98 Å². The van der Waals surface area contributed by atoms with Gasteiger partial charge in [-0.2, -0.15) is 4.39 Å². The van der Waals surface area contributed by atoms with Gasteiger partial charge in [-0.25, -0.2) is 4.98 Å². The molecule has 1 heterocycles. The van der Waals surface area contributed by atoms with Gasteiger partial charge in [0.15, 0.2) is 11.4 Å². The van der Waals surface area contributed by atoms with E-state index in [9.17, 15) is 39.2 Å². The fourth-order valence-electron chi connectivity index (χ4n) is 6.49. The van der Waals surface area contributed by atoms with Crippen LogP contribution in [0.5, 0.6) is 5.75 Å². The summed E-state index contributed by atoms with van der Waals surface area (Å²) in [6, 6.07) is 3.06. The van der Waals surface area contributed by atoms with Crippen LogP contribution in [0.4, 0.5) is 10.1 Å². The first-order valence-corrected chi connectivity index (χ1v) is 12.0. The van der Waals surface area contributed by atoms with Crippen LogP contribution in [0.15, 0.2) is 30.0 Å². The van der Waals surface area contributed by atoms with Gasteiger partial charge in [0, 0.05) is 29.3 Å². The number of carbonyl (C=O) groups excluding carboxylic acids is 3. The molecule has 0 spiro atoms. The highest BCUT2D eigenvalue weighted by atomic mass is 19.1. The van der Waals surface area contributed by atoms with Crippen molar-refractivity contribution >= 4 is 28.9 Å². The van der Waals surface area contributed by atoms with Gasteiger partial charge >= 0.3 is 0 Å². The van der Waals surface area contributed by atoms with E-state index in [1.807, 2.05) is 0 Å². The number of Topliss-reactive ketones (excluding diaryl/α,β-unsaturated/α-hetero) is 2. The maximum absolute atomic E-state index is 13.9. The molecule has 0 radical (unpaired) electrons. The number of fused-ring (bicyclic) bond motifs is 3. The summed E-state index contributed by atoms with van der Waals surface area (Å²) in [5.41, 5.74) is 9.37. The third kappa shape index (κ3) is 3.37. The van der Waals surface area contributed by atoms with E-state index in [1.54, 1.807) is 14.1 Å². The molecule has 38 heavy (non-hydrogen) atoms. The van der Waals surface area contributed by atoms with Gasteiger partial charge in [-0.15, -0.1) is 0 Å². The summed E-state index contributed by atoms with van der Waals surface area (Å²) < 4.78 is 13.5. The second-order valence-electron chi connectivity index (χ2n) is 10.4. The van der Waals surface area contributed by atoms with E-state index >= 15 is 0 Å². The molecule has 0 saturated heterocycles. The molecule has 12 heteroatoms. The number of primary amides is 1. The predicted octanol–water partition coefficient (Wildman–Crippen LogP) is -0.0877. The van der Waals surface area contributed by atoms with Crippen molar-refractivity contribution < 1.29 is 39.2 Å². The van der Waals surface area contributed by atoms with Crippen LogP contribution in [-0.2, 0) is 20.8 Å². The van der Waals surface area contributed by atoms with Crippen molar-refractivity contribution in [1.29, 1.82) is 0 Å². The number of aromatic hydroxyl groups is 1. The number of aromatic nitrogens is 1. The number of pyridine rings is 1. The van der Waals surface area contributed by atoms with Crippen LogP contribution >= 0.6 is 0 Å². The number of hydrogen-bond acceptors (Lipinski definition) is 10. The molecule has 1 aromatic carbocycles. The summed E-state index contributed by atoms with van der Waals surface area (Å²) >= 11 is 0. The smallest absolute Gasteiger partial charge is 0.230 e. The SMILES string of the molecule is CN(C)[C@@H]1C(O)C(C(N)=O)C(=O)[C@@]2(O)C(=O)C3=C(O)c4c(O)c(N)cc(-c5ccc(F)nc5)c4C[C@H]3C[C@@H]12. The number of aliphatic hydroxyl groups excluding tert-OH is 2. The van der Waals surface area contributed by atoms with Crippen molar-refractivity contribution in [3.05, 3.63) is 47.0 Å². The number of carbonyl (C=O) groups is 3. The number of hydrogen-bond donors (Lipinski definition) is 6. The third-order valence-electron chi connectivity index (χ3n) is 8.16. The number of halogens is 1. The molecule has 2 fully saturated rings. The Labute approximate surface area is 216 Å². The average molecular weight is 527 g/mol. The number of nitrogens with zero attached hydrogens (tertiary/aromatic N) is 2. The molecular weight excluding hydrogens is 499 g/mol. The van der Waals surface area contributed by atoms with Crippen LogP contribution in [0.3, 0.4) is 0 Å². The lowest BCUT2D eigenvalue weighted by Gasteiger charge is -2.53. The van der Waals surface area contributed by atoms with Crippen molar-refractivity contribution in [2.75, 3.05) is 19.8 Å². The molecule has 0 aliphatic heterocycles. The van der Waals surface area contributed by atoms with Gasteiger partial charge < -0.3 is 36.8 Å².